The van der Waals surface area contributed by atoms with E-state index < -0.39 is 23.7 Å². The van der Waals surface area contributed by atoms with Crippen molar-refractivity contribution in [2.45, 2.75) is 26.8 Å². The second kappa shape index (κ2) is 3.94. The Kier molecular flexibility index (Phi) is 2.69. The van der Waals surface area contributed by atoms with Crippen molar-refractivity contribution in [1.82, 2.24) is 0 Å². The fourth-order valence-corrected chi connectivity index (χ4v) is 2.26. The summed E-state index contributed by atoms with van der Waals surface area (Å²) in [5.41, 5.74) is 2.32. The molecular formula is C13H13NO4. The molecule has 1 amide bonds. The molecule has 1 aromatic carbocycles. The summed E-state index contributed by atoms with van der Waals surface area (Å²) in [6, 6.07) is 2.40. The zero-order valence-electron chi connectivity index (χ0n) is 10.4. The first-order valence-electron chi connectivity index (χ1n) is 5.56. The number of benzene rings is 1. The van der Waals surface area contributed by atoms with Gasteiger partial charge in [0, 0.05) is 0 Å². The van der Waals surface area contributed by atoms with E-state index in [9.17, 15) is 14.4 Å². The van der Waals surface area contributed by atoms with E-state index in [0.717, 1.165) is 16.0 Å². The number of aliphatic carboxylic acids is 1. The predicted octanol–water partition coefficient (Wildman–Crippen LogP) is 1.31. The van der Waals surface area contributed by atoms with Crippen LogP contribution in [-0.4, -0.2) is 28.8 Å². The van der Waals surface area contributed by atoms with Gasteiger partial charge in [-0.3, -0.25) is 14.5 Å². The molecule has 0 fully saturated rings. The quantitative estimate of drug-likeness (QED) is 0.799. The SMILES string of the molecule is Cc1cc(C)c2c(c1)C(=O)C(=O)N2C(C)C(=O)O. The average molecular weight is 247 g/mol. The molecule has 1 N–H and O–H groups in total. The Bertz CT molecular complexity index is 577. The summed E-state index contributed by atoms with van der Waals surface area (Å²) in [4.78, 5) is 35.8. The normalized spacial score (nSPS) is 15.8. The van der Waals surface area contributed by atoms with Crippen molar-refractivity contribution in [3.63, 3.8) is 0 Å². The third-order valence-corrected chi connectivity index (χ3v) is 3.09. The number of carbonyl (C=O) groups excluding carboxylic acids is 2. The van der Waals surface area contributed by atoms with Crippen LogP contribution < -0.4 is 4.90 Å². The smallest absolute Gasteiger partial charge is 0.326 e. The second-order valence-corrected chi connectivity index (χ2v) is 4.50. The molecule has 1 aromatic rings. The maximum Gasteiger partial charge on any atom is 0.326 e. The molecule has 0 bridgehead atoms. The molecule has 5 heteroatoms. The molecule has 0 radical (unpaired) electrons. The Morgan fingerprint density at radius 3 is 2.44 bits per heavy atom. The summed E-state index contributed by atoms with van der Waals surface area (Å²) < 4.78 is 0. The third-order valence-electron chi connectivity index (χ3n) is 3.09. The average Bonchev–Trinajstić information content (AvgIpc) is 2.52. The van der Waals surface area contributed by atoms with Gasteiger partial charge in [0.15, 0.2) is 0 Å². The fraction of sp³-hybridized carbons (Fsp3) is 0.308. The molecule has 0 saturated heterocycles. The van der Waals surface area contributed by atoms with Crippen LogP contribution in [0.3, 0.4) is 0 Å². The lowest BCUT2D eigenvalue weighted by Gasteiger charge is -2.22. The van der Waals surface area contributed by atoms with Crippen molar-refractivity contribution in [3.05, 3.63) is 28.8 Å². The van der Waals surface area contributed by atoms with Crippen LogP contribution in [0.5, 0.6) is 0 Å². The molecule has 0 aliphatic carbocycles. The standard InChI is InChI=1S/C13H13NO4/c1-6-4-7(2)10-9(5-6)11(15)12(16)14(10)8(3)13(17)18/h4-5,8H,1-3H3,(H,17,18). The Balaban J connectivity index is 2.65. The van der Waals surface area contributed by atoms with E-state index in [1.165, 1.54) is 6.92 Å². The summed E-state index contributed by atoms with van der Waals surface area (Å²) in [5.74, 6) is -2.54. The first-order valence-corrected chi connectivity index (χ1v) is 5.56. The zero-order valence-corrected chi connectivity index (χ0v) is 10.4. The number of carbonyl (C=O) groups is 3. The summed E-state index contributed by atoms with van der Waals surface area (Å²) >= 11 is 0. The van der Waals surface area contributed by atoms with Crippen molar-refractivity contribution >= 4 is 23.3 Å². The minimum atomic E-state index is -1.14. The fourth-order valence-electron chi connectivity index (χ4n) is 2.26. The monoisotopic (exact) mass is 247 g/mol. The third kappa shape index (κ3) is 1.59. The largest absolute Gasteiger partial charge is 0.480 e. The summed E-state index contributed by atoms with van der Waals surface area (Å²) in [6.07, 6.45) is 0. The van der Waals surface area contributed by atoms with E-state index >= 15 is 0 Å². The molecule has 0 aromatic heterocycles. The second-order valence-electron chi connectivity index (χ2n) is 4.50. The molecule has 1 aliphatic heterocycles. The highest BCUT2D eigenvalue weighted by molar-refractivity contribution is 6.53. The number of anilines is 1. The van der Waals surface area contributed by atoms with E-state index in [-0.39, 0.29) is 0 Å². The number of Topliss-reactive ketones (excluding diaryl/α,β-unsaturated/α-hetero) is 1. The van der Waals surface area contributed by atoms with Gasteiger partial charge >= 0.3 is 5.97 Å². The molecule has 1 aliphatic rings. The highest BCUT2D eigenvalue weighted by Crippen LogP contribution is 2.34. The zero-order chi connectivity index (χ0) is 13.6. The molecule has 5 nitrogen and oxygen atoms in total. The Hall–Kier alpha value is -2.17. The van der Waals surface area contributed by atoms with Gasteiger partial charge in [0.2, 0.25) is 0 Å². The minimum Gasteiger partial charge on any atom is -0.480 e. The van der Waals surface area contributed by atoms with Gasteiger partial charge in [-0.2, -0.15) is 0 Å². The number of hydrogen-bond acceptors (Lipinski definition) is 3. The van der Waals surface area contributed by atoms with Crippen LogP contribution in [0.1, 0.15) is 28.4 Å². The number of fused-ring (bicyclic) bond motifs is 1. The highest BCUT2D eigenvalue weighted by atomic mass is 16.4. The summed E-state index contributed by atoms with van der Waals surface area (Å²) in [6.45, 7) is 4.98. The van der Waals surface area contributed by atoms with Crippen LogP contribution in [0.4, 0.5) is 5.69 Å². The van der Waals surface area contributed by atoms with Crippen LogP contribution in [0.2, 0.25) is 0 Å². The Morgan fingerprint density at radius 1 is 1.28 bits per heavy atom. The number of carboxylic acid groups (broad SMARTS) is 1. The maximum atomic E-state index is 11.9. The molecule has 18 heavy (non-hydrogen) atoms. The van der Waals surface area contributed by atoms with Crippen molar-refractivity contribution in [2.24, 2.45) is 0 Å². The van der Waals surface area contributed by atoms with E-state index in [4.69, 9.17) is 5.11 Å². The lowest BCUT2D eigenvalue weighted by molar-refractivity contribution is -0.139. The van der Waals surface area contributed by atoms with Gasteiger partial charge in [-0.05, 0) is 38.0 Å². The van der Waals surface area contributed by atoms with E-state index in [2.05, 4.69) is 0 Å². The lowest BCUT2D eigenvalue weighted by Crippen LogP contribution is -2.42. The topological polar surface area (TPSA) is 74.7 Å². The summed E-state index contributed by atoms with van der Waals surface area (Å²) in [5, 5.41) is 9.01. The molecule has 1 atom stereocenters. The number of hydrogen-bond donors (Lipinski definition) is 1. The number of nitrogens with zero attached hydrogens (tertiary/aromatic N) is 1. The van der Waals surface area contributed by atoms with Gasteiger partial charge in [0.05, 0.1) is 11.3 Å². The van der Waals surface area contributed by atoms with E-state index in [1.807, 2.05) is 13.0 Å². The highest BCUT2D eigenvalue weighted by Gasteiger charge is 2.41. The Labute approximate surface area is 104 Å². The first-order chi connectivity index (χ1) is 8.34. The van der Waals surface area contributed by atoms with Crippen LogP contribution in [0.25, 0.3) is 0 Å². The molecule has 0 spiro atoms. The summed E-state index contributed by atoms with van der Waals surface area (Å²) in [7, 11) is 0. The molecule has 1 unspecified atom stereocenters. The number of ketones is 1. The van der Waals surface area contributed by atoms with Crippen molar-refractivity contribution in [1.29, 1.82) is 0 Å². The number of amides is 1. The number of aryl methyl sites for hydroxylation is 2. The molecule has 94 valence electrons. The first kappa shape index (κ1) is 12.3. The number of carboxylic acids is 1. The van der Waals surface area contributed by atoms with Gasteiger partial charge in [-0.1, -0.05) is 6.07 Å². The van der Waals surface area contributed by atoms with E-state index in [0.29, 0.717) is 11.3 Å². The van der Waals surface area contributed by atoms with E-state index in [1.54, 1.807) is 13.0 Å². The molecular weight excluding hydrogens is 234 g/mol. The van der Waals surface area contributed by atoms with Crippen molar-refractivity contribution < 1.29 is 19.5 Å². The van der Waals surface area contributed by atoms with Crippen molar-refractivity contribution in [3.8, 4) is 0 Å². The van der Waals surface area contributed by atoms with Crippen LogP contribution in [0, 0.1) is 13.8 Å². The number of rotatable bonds is 2. The maximum absolute atomic E-state index is 11.9. The van der Waals surface area contributed by atoms with Crippen LogP contribution in [-0.2, 0) is 9.59 Å². The molecule has 2 rings (SSSR count). The Morgan fingerprint density at radius 2 is 1.89 bits per heavy atom. The lowest BCUT2D eigenvalue weighted by atomic mass is 10.0. The van der Waals surface area contributed by atoms with Crippen LogP contribution >= 0.6 is 0 Å². The van der Waals surface area contributed by atoms with Crippen LogP contribution in [0.15, 0.2) is 12.1 Å². The van der Waals surface area contributed by atoms with Crippen molar-refractivity contribution in [2.75, 3.05) is 4.90 Å². The van der Waals surface area contributed by atoms with Gasteiger partial charge < -0.3 is 5.11 Å². The van der Waals surface area contributed by atoms with Gasteiger partial charge in [-0.25, -0.2) is 4.79 Å². The van der Waals surface area contributed by atoms with Gasteiger partial charge in [0.25, 0.3) is 11.7 Å². The predicted molar refractivity (Wildman–Crippen MR) is 64.8 cm³/mol. The molecule has 1 heterocycles. The van der Waals surface area contributed by atoms with Gasteiger partial charge in [-0.15, -0.1) is 0 Å². The minimum absolute atomic E-state index is 0.297. The van der Waals surface area contributed by atoms with Gasteiger partial charge in [0.1, 0.15) is 6.04 Å². The molecule has 0 saturated carbocycles.